The number of methoxy groups -OCH3 is 1. The van der Waals surface area contributed by atoms with Crippen LogP contribution in [0.25, 0.3) is 11.1 Å². The molecule has 0 atom stereocenters. The lowest BCUT2D eigenvalue weighted by atomic mass is 10.0. The average Bonchev–Trinajstić information content (AvgIpc) is 2.46. The zero-order chi connectivity index (χ0) is 13.8. The van der Waals surface area contributed by atoms with Crippen LogP contribution >= 0.6 is 0 Å². The maximum Gasteiger partial charge on any atom is 0.132 e. The number of benzene rings is 2. The number of hydrogen-bond acceptors (Lipinski definition) is 3. The minimum Gasteiger partial charge on any atom is -0.496 e. The van der Waals surface area contributed by atoms with Crippen LogP contribution in [0.5, 0.6) is 5.75 Å². The lowest BCUT2D eigenvalue weighted by Crippen LogP contribution is -2.00. The molecule has 0 aromatic heterocycles. The SMILES string of the molecule is COc1ccc(-c2ccc(C#N)cc2F)cc1CN. The monoisotopic (exact) mass is 256 g/mol. The highest BCUT2D eigenvalue weighted by Crippen LogP contribution is 2.28. The Labute approximate surface area is 111 Å². The van der Waals surface area contributed by atoms with E-state index in [2.05, 4.69) is 0 Å². The first kappa shape index (κ1) is 13.1. The van der Waals surface area contributed by atoms with Crippen molar-refractivity contribution in [3.8, 4) is 22.9 Å². The molecular weight excluding hydrogens is 243 g/mol. The van der Waals surface area contributed by atoms with Crippen LogP contribution in [-0.4, -0.2) is 7.11 Å². The van der Waals surface area contributed by atoms with E-state index in [-0.39, 0.29) is 0 Å². The fourth-order valence-corrected chi connectivity index (χ4v) is 1.92. The summed E-state index contributed by atoms with van der Waals surface area (Å²) in [4.78, 5) is 0. The van der Waals surface area contributed by atoms with Crippen molar-refractivity contribution in [2.24, 2.45) is 5.73 Å². The Kier molecular flexibility index (Phi) is 3.79. The molecule has 0 saturated heterocycles. The second-order valence-electron chi connectivity index (χ2n) is 4.04. The average molecular weight is 256 g/mol. The molecule has 0 amide bonds. The van der Waals surface area contributed by atoms with Gasteiger partial charge in [-0.15, -0.1) is 0 Å². The number of ether oxygens (including phenoxy) is 1. The molecule has 4 heteroatoms. The van der Waals surface area contributed by atoms with E-state index in [1.54, 1.807) is 37.4 Å². The van der Waals surface area contributed by atoms with Gasteiger partial charge in [0.15, 0.2) is 0 Å². The van der Waals surface area contributed by atoms with Gasteiger partial charge in [0.1, 0.15) is 11.6 Å². The van der Waals surface area contributed by atoms with Crippen molar-refractivity contribution < 1.29 is 9.13 Å². The Balaban J connectivity index is 2.51. The fourth-order valence-electron chi connectivity index (χ4n) is 1.92. The van der Waals surface area contributed by atoms with E-state index in [0.29, 0.717) is 29.0 Å². The van der Waals surface area contributed by atoms with Crippen LogP contribution in [0.4, 0.5) is 4.39 Å². The lowest BCUT2D eigenvalue weighted by molar-refractivity contribution is 0.410. The first-order chi connectivity index (χ1) is 9.19. The zero-order valence-electron chi connectivity index (χ0n) is 10.5. The van der Waals surface area contributed by atoms with Crippen LogP contribution in [-0.2, 0) is 6.54 Å². The predicted octanol–water partition coefficient (Wildman–Crippen LogP) is 2.83. The Bertz CT molecular complexity index is 647. The fraction of sp³-hybridized carbons (Fsp3) is 0.133. The normalized spacial score (nSPS) is 10.0. The molecule has 2 aromatic rings. The molecule has 2 aromatic carbocycles. The van der Waals surface area contributed by atoms with Crippen LogP contribution in [0.15, 0.2) is 36.4 Å². The molecule has 0 bridgehead atoms. The zero-order valence-corrected chi connectivity index (χ0v) is 10.5. The third kappa shape index (κ3) is 2.56. The number of nitriles is 1. The maximum absolute atomic E-state index is 13.9. The summed E-state index contributed by atoms with van der Waals surface area (Å²) in [6, 6.07) is 11.6. The first-order valence-electron chi connectivity index (χ1n) is 5.76. The Morgan fingerprint density at radius 3 is 2.63 bits per heavy atom. The van der Waals surface area contributed by atoms with Gasteiger partial charge in [-0.3, -0.25) is 0 Å². The molecule has 0 saturated carbocycles. The summed E-state index contributed by atoms with van der Waals surface area (Å²) in [7, 11) is 1.57. The van der Waals surface area contributed by atoms with E-state index in [0.717, 1.165) is 5.56 Å². The molecule has 2 N–H and O–H groups in total. The summed E-state index contributed by atoms with van der Waals surface area (Å²) >= 11 is 0. The Morgan fingerprint density at radius 1 is 1.26 bits per heavy atom. The highest BCUT2D eigenvalue weighted by molar-refractivity contribution is 5.67. The van der Waals surface area contributed by atoms with Gasteiger partial charge in [-0.2, -0.15) is 5.26 Å². The number of halogens is 1. The third-order valence-corrected chi connectivity index (χ3v) is 2.91. The highest BCUT2D eigenvalue weighted by Gasteiger charge is 2.09. The third-order valence-electron chi connectivity index (χ3n) is 2.91. The standard InChI is InChI=1S/C15H13FN2O/c1-19-15-5-3-11(7-12(15)9-18)13-4-2-10(8-17)6-14(13)16/h2-7H,9,18H2,1H3. The number of nitrogens with zero attached hydrogens (tertiary/aromatic N) is 1. The van der Waals surface area contributed by atoms with Gasteiger partial charge in [0, 0.05) is 17.7 Å². The number of rotatable bonds is 3. The number of nitrogens with two attached hydrogens (primary N) is 1. The first-order valence-corrected chi connectivity index (χ1v) is 5.76. The van der Waals surface area contributed by atoms with Gasteiger partial charge in [-0.25, -0.2) is 4.39 Å². The highest BCUT2D eigenvalue weighted by atomic mass is 19.1. The summed E-state index contributed by atoms with van der Waals surface area (Å²) in [6.45, 7) is 0.314. The van der Waals surface area contributed by atoms with Crippen LogP contribution in [0.3, 0.4) is 0 Å². The molecule has 0 heterocycles. The molecule has 96 valence electrons. The molecule has 0 fully saturated rings. The van der Waals surface area contributed by atoms with E-state index < -0.39 is 5.82 Å². The Hall–Kier alpha value is -2.38. The molecule has 0 radical (unpaired) electrons. The van der Waals surface area contributed by atoms with Gasteiger partial charge in [0.05, 0.1) is 18.7 Å². The summed E-state index contributed by atoms with van der Waals surface area (Å²) in [5, 5.41) is 8.72. The summed E-state index contributed by atoms with van der Waals surface area (Å²) < 4.78 is 19.1. The van der Waals surface area contributed by atoms with Crippen molar-refractivity contribution in [3.05, 3.63) is 53.3 Å². The van der Waals surface area contributed by atoms with E-state index in [9.17, 15) is 4.39 Å². The van der Waals surface area contributed by atoms with Crippen molar-refractivity contribution in [1.82, 2.24) is 0 Å². The minimum atomic E-state index is -0.424. The van der Waals surface area contributed by atoms with Gasteiger partial charge in [0.2, 0.25) is 0 Å². The molecule has 3 nitrogen and oxygen atoms in total. The molecule has 0 spiro atoms. The van der Waals surface area contributed by atoms with E-state index in [1.165, 1.54) is 6.07 Å². The molecule has 0 aliphatic heterocycles. The molecule has 2 rings (SSSR count). The number of hydrogen-bond donors (Lipinski definition) is 1. The molecule has 0 aliphatic carbocycles. The topological polar surface area (TPSA) is 59.0 Å². The Morgan fingerprint density at radius 2 is 2.05 bits per heavy atom. The van der Waals surface area contributed by atoms with Gasteiger partial charge >= 0.3 is 0 Å². The molecule has 0 unspecified atom stereocenters. The van der Waals surface area contributed by atoms with Gasteiger partial charge in [-0.1, -0.05) is 12.1 Å². The second-order valence-corrected chi connectivity index (χ2v) is 4.04. The quantitative estimate of drug-likeness (QED) is 0.918. The van der Waals surface area contributed by atoms with Crippen molar-refractivity contribution in [2.75, 3.05) is 7.11 Å². The van der Waals surface area contributed by atoms with Crippen LogP contribution in [0.1, 0.15) is 11.1 Å². The second kappa shape index (κ2) is 5.51. The van der Waals surface area contributed by atoms with Crippen molar-refractivity contribution >= 4 is 0 Å². The minimum absolute atomic E-state index is 0.300. The van der Waals surface area contributed by atoms with Gasteiger partial charge in [-0.05, 0) is 29.8 Å². The summed E-state index contributed by atoms with van der Waals surface area (Å²) in [6.07, 6.45) is 0. The van der Waals surface area contributed by atoms with Crippen LogP contribution in [0, 0.1) is 17.1 Å². The van der Waals surface area contributed by atoms with Crippen LogP contribution in [0.2, 0.25) is 0 Å². The summed E-state index contributed by atoms with van der Waals surface area (Å²) in [5.41, 5.74) is 7.90. The predicted molar refractivity (Wildman–Crippen MR) is 71.0 cm³/mol. The van der Waals surface area contributed by atoms with Crippen LogP contribution < -0.4 is 10.5 Å². The molecule has 0 aliphatic rings. The largest absolute Gasteiger partial charge is 0.496 e. The molecular formula is C15H13FN2O. The van der Waals surface area contributed by atoms with Crippen molar-refractivity contribution in [1.29, 1.82) is 5.26 Å². The van der Waals surface area contributed by atoms with E-state index in [4.69, 9.17) is 15.7 Å². The van der Waals surface area contributed by atoms with E-state index in [1.807, 2.05) is 6.07 Å². The van der Waals surface area contributed by atoms with Gasteiger partial charge < -0.3 is 10.5 Å². The smallest absolute Gasteiger partial charge is 0.132 e. The maximum atomic E-state index is 13.9. The summed E-state index contributed by atoms with van der Waals surface area (Å²) in [5.74, 6) is 0.257. The molecule has 19 heavy (non-hydrogen) atoms. The van der Waals surface area contributed by atoms with Crippen molar-refractivity contribution in [3.63, 3.8) is 0 Å². The van der Waals surface area contributed by atoms with Crippen molar-refractivity contribution in [2.45, 2.75) is 6.54 Å². The van der Waals surface area contributed by atoms with Gasteiger partial charge in [0.25, 0.3) is 0 Å². The lowest BCUT2D eigenvalue weighted by Gasteiger charge is -2.10. The van der Waals surface area contributed by atoms with E-state index >= 15 is 0 Å².